The zero-order chi connectivity index (χ0) is 13.0. The van der Waals surface area contributed by atoms with Gasteiger partial charge in [0.15, 0.2) is 0 Å². The number of non-ortho nitro benzene ring substituents is 1. The molecule has 0 bridgehead atoms. The van der Waals surface area contributed by atoms with E-state index in [2.05, 4.69) is 4.98 Å². The molecule has 0 saturated heterocycles. The third-order valence-corrected chi connectivity index (χ3v) is 2.48. The summed E-state index contributed by atoms with van der Waals surface area (Å²) in [7, 11) is 0. The van der Waals surface area contributed by atoms with Gasteiger partial charge in [-0.15, -0.1) is 0 Å². The van der Waals surface area contributed by atoms with Crippen molar-refractivity contribution in [3.05, 3.63) is 63.4 Å². The number of aromatic nitrogens is 1. The fourth-order valence-corrected chi connectivity index (χ4v) is 1.44. The highest BCUT2D eigenvalue weighted by Gasteiger charge is 2.04. The molecule has 0 unspecified atom stereocenters. The smallest absolute Gasteiger partial charge is 0.269 e. The lowest BCUT2D eigenvalue weighted by atomic mass is 10.2. The molecule has 0 radical (unpaired) electrons. The molecule has 2 rings (SSSR count). The Bertz CT molecular complexity index is 540. The predicted molar refractivity (Wildman–Crippen MR) is 66.7 cm³/mol. The Morgan fingerprint density at radius 1 is 1.22 bits per heavy atom. The first-order valence-electron chi connectivity index (χ1n) is 5.13. The Kier molecular flexibility index (Phi) is 3.74. The normalized spacial score (nSPS) is 10.1. The van der Waals surface area contributed by atoms with Crippen molar-refractivity contribution >= 4 is 17.3 Å². The Morgan fingerprint density at radius 3 is 2.50 bits per heavy atom. The SMILES string of the molecule is O=[N+]([O-])c1ccc(COc2ccc(Cl)nc2)cc1. The molecule has 18 heavy (non-hydrogen) atoms. The van der Waals surface area contributed by atoms with Crippen LogP contribution in [0.3, 0.4) is 0 Å². The zero-order valence-electron chi connectivity index (χ0n) is 9.25. The van der Waals surface area contributed by atoms with Gasteiger partial charge in [-0.3, -0.25) is 10.1 Å². The van der Waals surface area contributed by atoms with E-state index in [1.807, 2.05) is 0 Å². The minimum Gasteiger partial charge on any atom is -0.487 e. The van der Waals surface area contributed by atoms with Gasteiger partial charge in [0, 0.05) is 12.1 Å². The summed E-state index contributed by atoms with van der Waals surface area (Å²) in [5.41, 5.74) is 0.905. The Morgan fingerprint density at radius 2 is 1.94 bits per heavy atom. The summed E-state index contributed by atoms with van der Waals surface area (Å²) < 4.78 is 5.46. The van der Waals surface area contributed by atoms with E-state index in [1.165, 1.54) is 18.3 Å². The molecule has 6 heteroatoms. The minimum absolute atomic E-state index is 0.0620. The first-order valence-corrected chi connectivity index (χ1v) is 5.50. The van der Waals surface area contributed by atoms with E-state index in [0.29, 0.717) is 17.5 Å². The van der Waals surface area contributed by atoms with E-state index in [9.17, 15) is 10.1 Å². The van der Waals surface area contributed by atoms with Gasteiger partial charge in [-0.05, 0) is 29.8 Å². The van der Waals surface area contributed by atoms with Gasteiger partial charge in [0.25, 0.3) is 5.69 Å². The monoisotopic (exact) mass is 264 g/mol. The highest BCUT2D eigenvalue weighted by molar-refractivity contribution is 6.29. The minimum atomic E-state index is -0.437. The largest absolute Gasteiger partial charge is 0.487 e. The molecular formula is C12H9ClN2O3. The molecule has 0 spiro atoms. The second-order valence-electron chi connectivity index (χ2n) is 3.53. The molecule has 5 nitrogen and oxygen atoms in total. The van der Waals surface area contributed by atoms with Crippen LogP contribution in [0.4, 0.5) is 5.69 Å². The van der Waals surface area contributed by atoms with Crippen LogP contribution in [0.15, 0.2) is 42.6 Å². The number of pyridine rings is 1. The maximum absolute atomic E-state index is 10.5. The number of nitro groups is 1. The average Bonchev–Trinajstić information content (AvgIpc) is 2.38. The molecular weight excluding hydrogens is 256 g/mol. The van der Waals surface area contributed by atoms with Crippen LogP contribution in [-0.4, -0.2) is 9.91 Å². The third-order valence-electron chi connectivity index (χ3n) is 2.25. The van der Waals surface area contributed by atoms with Crippen LogP contribution in [-0.2, 0) is 6.61 Å². The third kappa shape index (κ3) is 3.18. The summed E-state index contributed by atoms with van der Waals surface area (Å²) in [4.78, 5) is 13.9. The molecule has 92 valence electrons. The summed E-state index contributed by atoms with van der Waals surface area (Å²) in [5.74, 6) is 0.595. The number of hydrogen-bond acceptors (Lipinski definition) is 4. The van der Waals surface area contributed by atoms with Crippen molar-refractivity contribution in [1.29, 1.82) is 0 Å². The summed E-state index contributed by atoms with van der Waals surface area (Å²) in [5, 5.41) is 10.9. The van der Waals surface area contributed by atoms with Crippen molar-refractivity contribution in [2.45, 2.75) is 6.61 Å². The molecule has 0 aliphatic rings. The molecule has 0 saturated carbocycles. The lowest BCUT2D eigenvalue weighted by molar-refractivity contribution is -0.384. The molecule has 0 amide bonds. The summed E-state index contributed by atoms with van der Waals surface area (Å²) >= 11 is 5.65. The quantitative estimate of drug-likeness (QED) is 0.483. The lowest BCUT2D eigenvalue weighted by Gasteiger charge is -2.05. The van der Waals surface area contributed by atoms with Crippen molar-refractivity contribution < 1.29 is 9.66 Å². The summed E-state index contributed by atoms with van der Waals surface area (Å²) in [6, 6.07) is 9.54. The highest BCUT2D eigenvalue weighted by atomic mass is 35.5. The zero-order valence-corrected chi connectivity index (χ0v) is 10.0. The predicted octanol–water partition coefficient (Wildman–Crippen LogP) is 3.22. The van der Waals surface area contributed by atoms with E-state index >= 15 is 0 Å². The van der Waals surface area contributed by atoms with Gasteiger partial charge in [-0.2, -0.15) is 0 Å². The number of nitrogens with zero attached hydrogens (tertiary/aromatic N) is 2. The number of nitro benzene ring substituents is 1. The Labute approximate surface area is 108 Å². The molecule has 0 atom stereocenters. The first kappa shape index (κ1) is 12.3. The van der Waals surface area contributed by atoms with Gasteiger partial charge in [-0.25, -0.2) is 4.98 Å². The Balaban J connectivity index is 1.97. The molecule has 1 aromatic carbocycles. The summed E-state index contributed by atoms with van der Waals surface area (Å²) in [6.07, 6.45) is 1.52. The fourth-order valence-electron chi connectivity index (χ4n) is 1.33. The van der Waals surface area contributed by atoms with Crippen LogP contribution >= 0.6 is 11.6 Å². The van der Waals surface area contributed by atoms with Crippen molar-refractivity contribution in [3.63, 3.8) is 0 Å². The van der Waals surface area contributed by atoms with Gasteiger partial charge in [0.1, 0.15) is 17.5 Å². The van der Waals surface area contributed by atoms with Gasteiger partial charge < -0.3 is 4.74 Å². The van der Waals surface area contributed by atoms with Crippen LogP contribution in [0, 0.1) is 10.1 Å². The first-order chi connectivity index (χ1) is 8.65. The van der Waals surface area contributed by atoms with E-state index in [4.69, 9.17) is 16.3 Å². The van der Waals surface area contributed by atoms with E-state index in [0.717, 1.165) is 5.56 Å². The number of halogens is 1. The maximum atomic E-state index is 10.5. The maximum Gasteiger partial charge on any atom is 0.269 e. The lowest BCUT2D eigenvalue weighted by Crippen LogP contribution is -1.96. The van der Waals surface area contributed by atoms with E-state index in [-0.39, 0.29) is 5.69 Å². The van der Waals surface area contributed by atoms with Gasteiger partial charge in [0.05, 0.1) is 11.1 Å². The molecule has 0 aliphatic heterocycles. The van der Waals surface area contributed by atoms with Crippen LogP contribution in [0.2, 0.25) is 5.15 Å². The number of ether oxygens (including phenoxy) is 1. The van der Waals surface area contributed by atoms with E-state index in [1.54, 1.807) is 24.3 Å². The van der Waals surface area contributed by atoms with Gasteiger partial charge in [0.2, 0.25) is 0 Å². The number of rotatable bonds is 4. The topological polar surface area (TPSA) is 65.3 Å². The number of hydrogen-bond donors (Lipinski definition) is 0. The second kappa shape index (κ2) is 5.46. The Hall–Kier alpha value is -2.14. The molecule has 1 aromatic heterocycles. The van der Waals surface area contributed by atoms with Crippen molar-refractivity contribution in [2.75, 3.05) is 0 Å². The van der Waals surface area contributed by atoms with Crippen LogP contribution in [0.1, 0.15) is 5.56 Å². The standard InChI is InChI=1S/C12H9ClN2O3/c13-12-6-5-11(7-14-12)18-8-9-1-3-10(4-2-9)15(16)17/h1-7H,8H2. The second-order valence-corrected chi connectivity index (χ2v) is 3.92. The highest BCUT2D eigenvalue weighted by Crippen LogP contribution is 2.16. The molecule has 0 aliphatic carbocycles. The van der Waals surface area contributed by atoms with Crippen LogP contribution < -0.4 is 4.74 Å². The average molecular weight is 265 g/mol. The van der Waals surface area contributed by atoms with E-state index < -0.39 is 4.92 Å². The number of benzene rings is 1. The van der Waals surface area contributed by atoms with Crippen LogP contribution in [0.25, 0.3) is 0 Å². The van der Waals surface area contributed by atoms with Crippen molar-refractivity contribution in [2.24, 2.45) is 0 Å². The fraction of sp³-hybridized carbons (Fsp3) is 0.0833. The van der Waals surface area contributed by atoms with Gasteiger partial charge in [-0.1, -0.05) is 11.6 Å². The van der Waals surface area contributed by atoms with Crippen molar-refractivity contribution in [3.8, 4) is 5.75 Å². The molecule has 0 N–H and O–H groups in total. The van der Waals surface area contributed by atoms with Crippen molar-refractivity contribution in [1.82, 2.24) is 4.98 Å². The summed E-state index contributed by atoms with van der Waals surface area (Å²) in [6.45, 7) is 0.321. The van der Waals surface area contributed by atoms with Crippen LogP contribution in [0.5, 0.6) is 5.75 Å². The molecule has 0 fully saturated rings. The van der Waals surface area contributed by atoms with Gasteiger partial charge >= 0.3 is 0 Å². The molecule has 2 aromatic rings. The molecule has 1 heterocycles.